The van der Waals surface area contributed by atoms with Crippen LogP contribution in [0.4, 0.5) is 0 Å². The molecule has 0 bridgehead atoms. The van der Waals surface area contributed by atoms with Crippen molar-refractivity contribution in [1.82, 2.24) is 15.2 Å². The average Bonchev–Trinajstić information content (AvgIpc) is 2.73. The van der Waals surface area contributed by atoms with Crippen LogP contribution in [0.3, 0.4) is 0 Å². The molecule has 0 spiro atoms. The van der Waals surface area contributed by atoms with Crippen LogP contribution in [0.25, 0.3) is 0 Å². The number of aliphatic hydroxyl groups excluding tert-OH is 1. The highest BCUT2D eigenvalue weighted by Gasteiger charge is 2.22. The van der Waals surface area contributed by atoms with E-state index in [2.05, 4.69) is 57.4 Å². The number of piperidine rings is 1. The Morgan fingerprint density at radius 1 is 1.19 bits per heavy atom. The Kier molecular flexibility index (Phi) is 7.22. The third-order valence-corrected chi connectivity index (χ3v) is 5.12. The van der Waals surface area contributed by atoms with Gasteiger partial charge in [0, 0.05) is 32.0 Å². The summed E-state index contributed by atoms with van der Waals surface area (Å²) in [5, 5.41) is 13.7. The second kappa shape index (κ2) is 10.1. The molecule has 1 aromatic heterocycles. The first-order valence-corrected chi connectivity index (χ1v) is 9.91. The predicted octanol–water partition coefficient (Wildman–Crippen LogP) is 3.04. The number of hydrogen-bond acceptors (Lipinski definition) is 3. The minimum atomic E-state index is -0.600. The molecule has 27 heavy (non-hydrogen) atoms. The lowest BCUT2D eigenvalue weighted by atomic mass is 9.90. The van der Waals surface area contributed by atoms with Gasteiger partial charge in [0.05, 0.1) is 12.6 Å². The Morgan fingerprint density at radius 3 is 2.56 bits per heavy atom. The molecule has 1 atom stereocenters. The predicted molar refractivity (Wildman–Crippen MR) is 110 cm³/mol. The summed E-state index contributed by atoms with van der Waals surface area (Å²) < 4.78 is 0. The van der Waals surface area contributed by atoms with Gasteiger partial charge in [-0.25, -0.2) is 0 Å². The number of likely N-dealkylation sites (tertiary alicyclic amines) is 1. The lowest BCUT2D eigenvalue weighted by Gasteiger charge is -2.34. The van der Waals surface area contributed by atoms with Gasteiger partial charge in [-0.2, -0.15) is 0 Å². The first-order chi connectivity index (χ1) is 13.3. The molecule has 1 unspecified atom stereocenters. The van der Waals surface area contributed by atoms with Crippen molar-refractivity contribution < 1.29 is 5.11 Å². The maximum absolute atomic E-state index is 10.4. The summed E-state index contributed by atoms with van der Waals surface area (Å²) in [7, 11) is 0. The molecule has 1 aliphatic heterocycles. The van der Waals surface area contributed by atoms with Crippen LogP contribution in [-0.2, 0) is 6.42 Å². The summed E-state index contributed by atoms with van der Waals surface area (Å²) in [6.45, 7) is 5.28. The Bertz CT molecular complexity index is 697. The summed E-state index contributed by atoms with van der Waals surface area (Å²) >= 11 is 0. The lowest BCUT2D eigenvalue weighted by molar-refractivity contribution is 0.185. The summed E-state index contributed by atoms with van der Waals surface area (Å²) in [4.78, 5) is 11.0. The molecular weight excluding hydrogens is 336 g/mol. The molecule has 1 aliphatic rings. The van der Waals surface area contributed by atoms with Gasteiger partial charge < -0.3 is 15.3 Å². The van der Waals surface area contributed by atoms with Crippen molar-refractivity contribution in [3.8, 4) is 0 Å². The van der Waals surface area contributed by atoms with Gasteiger partial charge in [0.15, 0.2) is 5.96 Å². The second-order valence-electron chi connectivity index (χ2n) is 7.11. The number of aliphatic imine (C=N–C) groups is 1. The number of benzene rings is 1. The molecule has 1 fully saturated rings. The van der Waals surface area contributed by atoms with Gasteiger partial charge in [0.1, 0.15) is 0 Å². The van der Waals surface area contributed by atoms with Gasteiger partial charge in [-0.15, -0.1) is 0 Å². The molecule has 0 saturated carbocycles. The molecule has 144 valence electrons. The lowest BCUT2D eigenvalue weighted by Crippen LogP contribution is -2.46. The van der Waals surface area contributed by atoms with Crippen LogP contribution in [0.15, 0.2) is 59.9 Å². The van der Waals surface area contributed by atoms with Crippen LogP contribution in [0, 0.1) is 5.92 Å². The van der Waals surface area contributed by atoms with Gasteiger partial charge in [0.2, 0.25) is 0 Å². The van der Waals surface area contributed by atoms with Crippen molar-refractivity contribution in [3.05, 3.63) is 66.0 Å². The van der Waals surface area contributed by atoms with E-state index in [0.717, 1.165) is 43.5 Å². The van der Waals surface area contributed by atoms with Crippen LogP contribution < -0.4 is 5.32 Å². The third-order valence-electron chi connectivity index (χ3n) is 5.12. The fourth-order valence-corrected chi connectivity index (χ4v) is 3.59. The number of pyridine rings is 1. The van der Waals surface area contributed by atoms with Crippen molar-refractivity contribution in [2.75, 3.05) is 26.2 Å². The summed E-state index contributed by atoms with van der Waals surface area (Å²) in [6, 6.07) is 14.4. The van der Waals surface area contributed by atoms with Gasteiger partial charge in [-0.1, -0.05) is 30.3 Å². The molecule has 2 aromatic rings. The number of nitrogens with zero attached hydrogens (tertiary/aromatic N) is 3. The summed E-state index contributed by atoms with van der Waals surface area (Å²) in [6.07, 6.45) is 6.30. The molecular formula is C22H30N4O. The maximum atomic E-state index is 10.4. The minimum absolute atomic E-state index is 0.357. The molecule has 1 aromatic carbocycles. The molecule has 0 radical (unpaired) electrons. The van der Waals surface area contributed by atoms with E-state index in [1.54, 1.807) is 12.4 Å². The van der Waals surface area contributed by atoms with E-state index in [1.165, 1.54) is 18.4 Å². The van der Waals surface area contributed by atoms with Crippen molar-refractivity contribution in [1.29, 1.82) is 0 Å². The molecule has 0 amide bonds. The molecule has 5 nitrogen and oxygen atoms in total. The molecule has 2 heterocycles. The number of aliphatic hydroxyl groups is 1. The Morgan fingerprint density at radius 2 is 1.89 bits per heavy atom. The molecule has 1 saturated heterocycles. The summed E-state index contributed by atoms with van der Waals surface area (Å²) in [5.41, 5.74) is 2.28. The SMILES string of the molecule is CCNC(=NCC(O)c1ccncc1)N1CCC(Cc2ccccc2)CC1. The topological polar surface area (TPSA) is 60.8 Å². The molecule has 3 rings (SSSR count). The Labute approximate surface area is 162 Å². The number of hydrogen-bond donors (Lipinski definition) is 2. The number of nitrogens with one attached hydrogen (secondary N) is 1. The Balaban J connectivity index is 1.54. The van der Waals surface area contributed by atoms with Gasteiger partial charge >= 0.3 is 0 Å². The zero-order chi connectivity index (χ0) is 18.9. The number of aromatic nitrogens is 1. The van der Waals surface area contributed by atoms with Crippen molar-refractivity contribution >= 4 is 5.96 Å². The number of guanidine groups is 1. The molecule has 5 heteroatoms. The highest BCUT2D eigenvalue weighted by Crippen LogP contribution is 2.22. The molecule has 2 N–H and O–H groups in total. The highest BCUT2D eigenvalue weighted by molar-refractivity contribution is 5.80. The van der Waals surface area contributed by atoms with Crippen LogP contribution >= 0.6 is 0 Å². The average molecular weight is 367 g/mol. The first-order valence-electron chi connectivity index (χ1n) is 9.91. The van der Waals surface area contributed by atoms with Crippen LogP contribution in [0.1, 0.15) is 37.0 Å². The minimum Gasteiger partial charge on any atom is -0.386 e. The quantitative estimate of drug-likeness (QED) is 0.609. The number of rotatable bonds is 6. The fraction of sp³-hybridized carbons (Fsp3) is 0.455. The van der Waals surface area contributed by atoms with E-state index < -0.39 is 6.10 Å². The van der Waals surface area contributed by atoms with E-state index >= 15 is 0 Å². The zero-order valence-electron chi connectivity index (χ0n) is 16.1. The van der Waals surface area contributed by atoms with Crippen LogP contribution in [0.5, 0.6) is 0 Å². The van der Waals surface area contributed by atoms with E-state index in [4.69, 9.17) is 0 Å². The van der Waals surface area contributed by atoms with Gasteiger partial charge in [0.25, 0.3) is 0 Å². The Hall–Kier alpha value is -2.40. The second-order valence-corrected chi connectivity index (χ2v) is 7.11. The van der Waals surface area contributed by atoms with Gasteiger partial charge in [-0.3, -0.25) is 9.98 Å². The van der Waals surface area contributed by atoms with E-state index in [-0.39, 0.29) is 0 Å². The first kappa shape index (κ1) is 19.4. The van der Waals surface area contributed by atoms with Crippen molar-refractivity contribution in [2.24, 2.45) is 10.9 Å². The maximum Gasteiger partial charge on any atom is 0.194 e. The smallest absolute Gasteiger partial charge is 0.194 e. The van der Waals surface area contributed by atoms with Crippen molar-refractivity contribution in [2.45, 2.75) is 32.3 Å². The van der Waals surface area contributed by atoms with Gasteiger partial charge in [-0.05, 0) is 55.4 Å². The normalized spacial score (nSPS) is 17.0. The molecule has 0 aliphatic carbocycles. The third kappa shape index (κ3) is 5.79. The van der Waals surface area contributed by atoms with E-state index in [9.17, 15) is 5.11 Å². The van der Waals surface area contributed by atoms with E-state index in [0.29, 0.717) is 6.54 Å². The zero-order valence-corrected chi connectivity index (χ0v) is 16.1. The summed E-state index contributed by atoms with van der Waals surface area (Å²) in [5.74, 6) is 1.64. The van der Waals surface area contributed by atoms with Crippen molar-refractivity contribution in [3.63, 3.8) is 0 Å². The standard InChI is InChI=1S/C22H30N4O/c1-2-24-22(25-17-21(27)20-8-12-23-13-9-20)26-14-10-19(11-15-26)16-18-6-4-3-5-7-18/h3-9,12-13,19,21,27H,2,10-11,14-17H2,1H3,(H,24,25). The highest BCUT2D eigenvalue weighted by atomic mass is 16.3. The largest absolute Gasteiger partial charge is 0.386 e. The monoisotopic (exact) mass is 366 g/mol. The van der Waals surface area contributed by atoms with Crippen LogP contribution in [0.2, 0.25) is 0 Å². The van der Waals surface area contributed by atoms with E-state index in [1.807, 2.05) is 12.1 Å². The van der Waals surface area contributed by atoms with Crippen LogP contribution in [-0.4, -0.2) is 47.1 Å². The fourth-order valence-electron chi connectivity index (χ4n) is 3.59.